The van der Waals surface area contributed by atoms with Crippen LogP contribution in [-0.2, 0) is 6.42 Å². The zero-order valence-electron chi connectivity index (χ0n) is 13.4. The van der Waals surface area contributed by atoms with Gasteiger partial charge >= 0.3 is 0 Å². The zero-order valence-corrected chi connectivity index (χ0v) is 14.2. The predicted molar refractivity (Wildman–Crippen MR) is 90.3 cm³/mol. The Balaban J connectivity index is 1.61. The highest BCUT2D eigenvalue weighted by molar-refractivity contribution is 7.99. The summed E-state index contributed by atoms with van der Waals surface area (Å²) in [5, 5.41) is 18.0. The molecule has 120 valence electrons. The Hall–Kier alpha value is -1.80. The van der Waals surface area contributed by atoms with Crippen LogP contribution in [0.4, 0.5) is 0 Å². The molecule has 1 aliphatic rings. The Kier molecular flexibility index (Phi) is 5.35. The molecule has 1 aromatic heterocycles. The molecule has 0 unspecified atom stereocenters. The number of nitrogens with zero attached hydrogens (tertiary/aromatic N) is 3. The van der Waals surface area contributed by atoms with E-state index in [2.05, 4.69) is 47.5 Å². The van der Waals surface area contributed by atoms with Gasteiger partial charge in [0, 0.05) is 5.92 Å². The SMILES string of the molecule is Cc1ccc(C[C@@H](C#N)Sc2nnc(C3CCCCC3)o2)cc1. The van der Waals surface area contributed by atoms with Crippen molar-refractivity contribution in [2.24, 2.45) is 0 Å². The van der Waals surface area contributed by atoms with E-state index < -0.39 is 0 Å². The highest BCUT2D eigenvalue weighted by Gasteiger charge is 2.22. The third-order valence-corrected chi connectivity index (χ3v) is 5.23. The molecule has 2 aromatic rings. The lowest BCUT2D eigenvalue weighted by molar-refractivity contribution is 0.334. The van der Waals surface area contributed by atoms with E-state index in [4.69, 9.17) is 4.42 Å². The van der Waals surface area contributed by atoms with Crippen LogP contribution in [0.3, 0.4) is 0 Å². The monoisotopic (exact) mass is 327 g/mol. The highest BCUT2D eigenvalue weighted by Crippen LogP contribution is 2.33. The maximum Gasteiger partial charge on any atom is 0.277 e. The van der Waals surface area contributed by atoms with Gasteiger partial charge in [0.05, 0.1) is 6.07 Å². The lowest BCUT2D eigenvalue weighted by Crippen LogP contribution is -2.04. The molecule has 1 heterocycles. The minimum absolute atomic E-state index is 0.211. The van der Waals surface area contributed by atoms with Crippen molar-refractivity contribution in [3.63, 3.8) is 0 Å². The summed E-state index contributed by atoms with van der Waals surface area (Å²) < 4.78 is 5.80. The van der Waals surface area contributed by atoms with E-state index in [1.54, 1.807) is 0 Å². The van der Waals surface area contributed by atoms with E-state index in [9.17, 15) is 5.26 Å². The average Bonchev–Trinajstić information content (AvgIpc) is 3.05. The van der Waals surface area contributed by atoms with Gasteiger partial charge in [-0.25, -0.2) is 0 Å². The maximum atomic E-state index is 9.40. The summed E-state index contributed by atoms with van der Waals surface area (Å²) in [4.78, 5) is 0. The molecule has 0 radical (unpaired) electrons. The number of nitriles is 1. The van der Waals surface area contributed by atoms with Gasteiger partial charge in [0.1, 0.15) is 5.25 Å². The summed E-state index contributed by atoms with van der Waals surface area (Å²) in [5.41, 5.74) is 2.38. The summed E-state index contributed by atoms with van der Waals surface area (Å²) in [7, 11) is 0. The fourth-order valence-electron chi connectivity index (χ4n) is 2.96. The van der Waals surface area contributed by atoms with Crippen LogP contribution in [0, 0.1) is 18.3 Å². The average molecular weight is 327 g/mol. The molecule has 0 bridgehead atoms. The quantitative estimate of drug-likeness (QED) is 0.748. The Morgan fingerprint density at radius 3 is 2.65 bits per heavy atom. The van der Waals surface area contributed by atoms with E-state index >= 15 is 0 Å². The standard InChI is InChI=1S/C18H21N3OS/c1-13-7-9-14(10-8-13)11-16(12-19)23-18-21-20-17(22-18)15-5-3-2-4-6-15/h7-10,15-16H,2-6,11H2,1H3/t16-/m0/s1. The van der Waals surface area contributed by atoms with Crippen LogP contribution in [0.15, 0.2) is 33.9 Å². The fraction of sp³-hybridized carbons (Fsp3) is 0.500. The molecule has 1 atom stereocenters. The molecule has 1 aliphatic carbocycles. The lowest BCUT2D eigenvalue weighted by Gasteiger charge is -2.17. The first-order valence-electron chi connectivity index (χ1n) is 8.20. The van der Waals surface area contributed by atoms with Crippen molar-refractivity contribution in [2.45, 2.75) is 61.8 Å². The van der Waals surface area contributed by atoms with Crippen molar-refractivity contribution < 1.29 is 4.42 Å². The van der Waals surface area contributed by atoms with E-state index in [1.165, 1.54) is 36.6 Å². The van der Waals surface area contributed by atoms with Crippen LogP contribution in [0.25, 0.3) is 0 Å². The Morgan fingerprint density at radius 2 is 1.96 bits per heavy atom. The fourth-order valence-corrected chi connectivity index (χ4v) is 3.75. The number of benzene rings is 1. The second-order valence-electron chi connectivity index (χ2n) is 6.17. The van der Waals surface area contributed by atoms with Crippen LogP contribution >= 0.6 is 11.8 Å². The Morgan fingerprint density at radius 1 is 1.22 bits per heavy atom. The van der Waals surface area contributed by atoms with E-state index in [0.29, 0.717) is 17.6 Å². The number of rotatable bonds is 5. The Labute approximate surface area is 141 Å². The lowest BCUT2D eigenvalue weighted by atomic mass is 9.89. The molecule has 23 heavy (non-hydrogen) atoms. The van der Waals surface area contributed by atoms with Crippen LogP contribution in [0.2, 0.25) is 0 Å². The summed E-state index contributed by atoms with van der Waals surface area (Å²) in [6, 6.07) is 10.6. The van der Waals surface area contributed by atoms with Crippen LogP contribution in [0.5, 0.6) is 0 Å². The Bertz CT molecular complexity index is 668. The van der Waals surface area contributed by atoms with Gasteiger partial charge in [-0.15, -0.1) is 10.2 Å². The number of hydrogen-bond donors (Lipinski definition) is 0. The summed E-state index contributed by atoms with van der Waals surface area (Å²) in [5.74, 6) is 1.16. The van der Waals surface area contributed by atoms with E-state index in [0.717, 1.165) is 24.3 Å². The first-order valence-corrected chi connectivity index (χ1v) is 9.08. The van der Waals surface area contributed by atoms with Gasteiger partial charge < -0.3 is 4.42 Å². The molecule has 5 heteroatoms. The second kappa shape index (κ2) is 7.65. The molecule has 1 saturated carbocycles. The maximum absolute atomic E-state index is 9.40. The van der Waals surface area contributed by atoms with Gasteiger partial charge in [0.2, 0.25) is 5.89 Å². The molecular formula is C18H21N3OS. The molecular weight excluding hydrogens is 306 g/mol. The summed E-state index contributed by atoms with van der Waals surface area (Å²) >= 11 is 1.37. The van der Waals surface area contributed by atoms with Gasteiger partial charge in [-0.3, -0.25) is 0 Å². The minimum Gasteiger partial charge on any atom is -0.416 e. The highest BCUT2D eigenvalue weighted by atomic mass is 32.2. The van der Waals surface area contributed by atoms with Crippen molar-refractivity contribution in [3.8, 4) is 6.07 Å². The molecule has 1 aromatic carbocycles. The predicted octanol–water partition coefficient (Wildman–Crippen LogP) is 4.65. The molecule has 0 amide bonds. The van der Waals surface area contributed by atoms with Crippen LogP contribution < -0.4 is 0 Å². The minimum atomic E-state index is -0.211. The normalized spacial score (nSPS) is 16.9. The first-order chi connectivity index (χ1) is 11.2. The molecule has 0 spiro atoms. The van der Waals surface area contributed by atoms with Crippen molar-refractivity contribution in [3.05, 3.63) is 41.3 Å². The van der Waals surface area contributed by atoms with Crippen molar-refractivity contribution in [2.75, 3.05) is 0 Å². The van der Waals surface area contributed by atoms with E-state index in [1.807, 2.05) is 0 Å². The molecule has 0 N–H and O–H groups in total. The first kappa shape index (κ1) is 16.1. The topological polar surface area (TPSA) is 62.7 Å². The third kappa shape index (κ3) is 4.35. The number of aryl methyl sites for hydroxylation is 1. The molecule has 0 saturated heterocycles. The van der Waals surface area contributed by atoms with Crippen LogP contribution in [-0.4, -0.2) is 15.4 Å². The van der Waals surface area contributed by atoms with Crippen molar-refractivity contribution in [1.82, 2.24) is 10.2 Å². The molecule has 1 fully saturated rings. The van der Waals surface area contributed by atoms with Gasteiger partial charge in [0.25, 0.3) is 5.22 Å². The molecule has 3 rings (SSSR count). The van der Waals surface area contributed by atoms with Gasteiger partial charge in [-0.1, -0.05) is 49.1 Å². The van der Waals surface area contributed by atoms with Crippen molar-refractivity contribution in [1.29, 1.82) is 5.26 Å². The number of hydrogen-bond acceptors (Lipinski definition) is 5. The van der Waals surface area contributed by atoms with Crippen molar-refractivity contribution >= 4 is 11.8 Å². The summed E-state index contributed by atoms with van der Waals surface area (Å²) in [6.07, 6.45) is 6.74. The van der Waals surface area contributed by atoms with Crippen LogP contribution in [0.1, 0.15) is 55.0 Å². The smallest absolute Gasteiger partial charge is 0.277 e. The molecule has 0 aliphatic heterocycles. The number of aromatic nitrogens is 2. The van der Waals surface area contributed by atoms with Gasteiger partial charge in [0.15, 0.2) is 0 Å². The molecule has 4 nitrogen and oxygen atoms in total. The summed E-state index contributed by atoms with van der Waals surface area (Å²) in [6.45, 7) is 2.06. The third-order valence-electron chi connectivity index (χ3n) is 4.31. The largest absolute Gasteiger partial charge is 0.416 e. The number of thioether (sulfide) groups is 1. The van der Waals surface area contributed by atoms with Gasteiger partial charge in [-0.2, -0.15) is 5.26 Å². The van der Waals surface area contributed by atoms with E-state index in [-0.39, 0.29) is 5.25 Å². The second-order valence-corrected chi connectivity index (χ2v) is 7.32. The zero-order chi connectivity index (χ0) is 16.1. The van der Waals surface area contributed by atoms with Gasteiger partial charge in [-0.05, 0) is 43.5 Å².